The summed E-state index contributed by atoms with van der Waals surface area (Å²) in [6, 6.07) is 8.59. The average Bonchev–Trinajstić information content (AvgIpc) is 2.49. The van der Waals surface area contributed by atoms with Crippen LogP contribution in [0.4, 0.5) is 10.1 Å². The van der Waals surface area contributed by atoms with Gasteiger partial charge in [-0.1, -0.05) is 6.92 Å². The fourth-order valence-corrected chi connectivity index (χ4v) is 2.67. The highest BCUT2D eigenvalue weighted by atomic mass is 32.2. The molecular weight excluding hydrogens is 309 g/mol. The molecule has 0 bridgehead atoms. The third-order valence-electron chi connectivity index (χ3n) is 3.06. The molecule has 0 atom stereocenters. The monoisotopic (exact) mass is 323 g/mol. The molecule has 0 aromatic heterocycles. The first kappa shape index (κ1) is 16.0. The smallest absolute Gasteiger partial charge is 0.255 e. The van der Waals surface area contributed by atoms with E-state index in [-0.39, 0.29) is 27.6 Å². The molecule has 22 heavy (non-hydrogen) atoms. The molecule has 0 saturated carbocycles. The maximum atomic E-state index is 12.8. The van der Waals surface area contributed by atoms with Gasteiger partial charge in [-0.2, -0.15) is 0 Å². The number of carbonyl (C=O) groups is 1. The number of nitrogens with one attached hydrogen (secondary N) is 1. The number of hydrogen-bond donors (Lipinski definition) is 2. The van der Waals surface area contributed by atoms with E-state index in [0.29, 0.717) is 0 Å². The molecule has 0 aliphatic carbocycles. The van der Waals surface area contributed by atoms with Crippen molar-refractivity contribution in [3.05, 3.63) is 53.8 Å². The molecule has 1 amide bonds. The summed E-state index contributed by atoms with van der Waals surface area (Å²) in [6.45, 7) is 1.50. The number of benzene rings is 2. The van der Waals surface area contributed by atoms with Crippen LogP contribution in [0.1, 0.15) is 17.3 Å². The largest absolute Gasteiger partial charge is 0.506 e. The fourth-order valence-electron chi connectivity index (χ4n) is 1.77. The molecule has 5 nitrogen and oxygen atoms in total. The van der Waals surface area contributed by atoms with Crippen molar-refractivity contribution in [1.82, 2.24) is 0 Å². The minimum absolute atomic E-state index is 0.0210. The van der Waals surface area contributed by atoms with Gasteiger partial charge in [0.2, 0.25) is 0 Å². The van der Waals surface area contributed by atoms with Gasteiger partial charge in [-0.15, -0.1) is 0 Å². The second-order valence-corrected chi connectivity index (χ2v) is 6.82. The Balaban J connectivity index is 2.24. The van der Waals surface area contributed by atoms with Crippen LogP contribution in [0.25, 0.3) is 0 Å². The Kier molecular flexibility index (Phi) is 4.46. The van der Waals surface area contributed by atoms with Gasteiger partial charge in [0, 0.05) is 11.6 Å². The van der Waals surface area contributed by atoms with Crippen molar-refractivity contribution in [3.8, 4) is 5.75 Å². The summed E-state index contributed by atoms with van der Waals surface area (Å²) >= 11 is 0. The molecule has 7 heteroatoms. The molecule has 2 aromatic carbocycles. The van der Waals surface area contributed by atoms with Crippen molar-refractivity contribution >= 4 is 21.4 Å². The highest BCUT2D eigenvalue weighted by Crippen LogP contribution is 2.27. The lowest BCUT2D eigenvalue weighted by molar-refractivity contribution is 0.102. The third kappa shape index (κ3) is 3.43. The highest BCUT2D eigenvalue weighted by molar-refractivity contribution is 7.91. The van der Waals surface area contributed by atoms with E-state index in [0.717, 1.165) is 18.2 Å². The van der Waals surface area contributed by atoms with Crippen LogP contribution in [0, 0.1) is 5.82 Å². The summed E-state index contributed by atoms with van der Waals surface area (Å²) in [5.41, 5.74) is 0.287. The van der Waals surface area contributed by atoms with Crippen LogP contribution in [-0.2, 0) is 9.84 Å². The maximum Gasteiger partial charge on any atom is 0.255 e. The van der Waals surface area contributed by atoms with E-state index in [4.69, 9.17) is 0 Å². The van der Waals surface area contributed by atoms with Gasteiger partial charge < -0.3 is 10.4 Å². The van der Waals surface area contributed by atoms with Gasteiger partial charge in [0.15, 0.2) is 9.84 Å². The Bertz CT molecular complexity index is 801. The molecule has 0 fully saturated rings. The Hall–Kier alpha value is -2.41. The lowest BCUT2D eigenvalue weighted by Gasteiger charge is -2.09. The number of aromatic hydroxyl groups is 1. The second kappa shape index (κ2) is 6.15. The van der Waals surface area contributed by atoms with Crippen molar-refractivity contribution in [2.24, 2.45) is 0 Å². The topological polar surface area (TPSA) is 83.5 Å². The van der Waals surface area contributed by atoms with Gasteiger partial charge >= 0.3 is 0 Å². The van der Waals surface area contributed by atoms with Crippen LogP contribution in [-0.4, -0.2) is 25.2 Å². The van der Waals surface area contributed by atoms with E-state index in [2.05, 4.69) is 5.32 Å². The number of phenolic OH excluding ortho intramolecular Hbond substituents is 1. The minimum Gasteiger partial charge on any atom is -0.506 e. The van der Waals surface area contributed by atoms with Crippen molar-refractivity contribution in [3.63, 3.8) is 0 Å². The first-order valence-electron chi connectivity index (χ1n) is 6.46. The molecule has 2 aromatic rings. The lowest BCUT2D eigenvalue weighted by atomic mass is 10.2. The van der Waals surface area contributed by atoms with Crippen molar-refractivity contribution in [2.45, 2.75) is 11.8 Å². The van der Waals surface area contributed by atoms with E-state index < -0.39 is 21.6 Å². The number of carbonyl (C=O) groups excluding carboxylic acids is 1. The zero-order chi connectivity index (χ0) is 16.3. The molecule has 0 unspecified atom stereocenters. The SMILES string of the molecule is CCS(=O)(=O)c1ccc(NC(=O)c2ccc(F)cc2)c(O)c1. The molecule has 2 rings (SSSR count). The number of phenols is 1. The predicted molar refractivity (Wildman–Crippen MR) is 80.2 cm³/mol. The van der Waals surface area contributed by atoms with Crippen LogP contribution >= 0.6 is 0 Å². The van der Waals surface area contributed by atoms with Crippen LogP contribution in [0.15, 0.2) is 47.4 Å². The molecule has 0 spiro atoms. The van der Waals surface area contributed by atoms with E-state index in [9.17, 15) is 22.7 Å². The molecule has 0 saturated heterocycles. The number of anilines is 1. The molecule has 0 aliphatic heterocycles. The quantitative estimate of drug-likeness (QED) is 0.847. The van der Waals surface area contributed by atoms with Crippen LogP contribution < -0.4 is 5.32 Å². The first-order chi connectivity index (χ1) is 10.3. The Morgan fingerprint density at radius 2 is 1.82 bits per heavy atom. The van der Waals surface area contributed by atoms with E-state index in [1.54, 1.807) is 0 Å². The summed E-state index contributed by atoms with van der Waals surface area (Å²) in [4.78, 5) is 11.9. The molecule has 0 aliphatic rings. The second-order valence-electron chi connectivity index (χ2n) is 4.54. The number of halogens is 1. The van der Waals surface area contributed by atoms with E-state index in [1.165, 1.54) is 31.2 Å². The molecule has 2 N–H and O–H groups in total. The number of rotatable bonds is 4. The van der Waals surface area contributed by atoms with Gasteiger partial charge in [0.05, 0.1) is 16.3 Å². The van der Waals surface area contributed by atoms with Gasteiger partial charge in [-0.05, 0) is 36.4 Å². The predicted octanol–water partition coefficient (Wildman–Crippen LogP) is 2.58. The van der Waals surface area contributed by atoms with Crippen LogP contribution in [0.3, 0.4) is 0 Å². The Labute approximate surface area is 127 Å². The zero-order valence-corrected chi connectivity index (χ0v) is 12.5. The standard InChI is InChI=1S/C15H14FNO4S/c1-2-22(20,21)12-7-8-13(14(18)9-12)17-15(19)10-3-5-11(16)6-4-10/h3-9,18H,2H2,1H3,(H,17,19). The Morgan fingerprint density at radius 1 is 1.18 bits per heavy atom. The molecular formula is C15H14FNO4S. The first-order valence-corrected chi connectivity index (χ1v) is 8.11. The maximum absolute atomic E-state index is 12.8. The lowest BCUT2D eigenvalue weighted by Crippen LogP contribution is -2.12. The highest BCUT2D eigenvalue weighted by Gasteiger charge is 2.15. The molecule has 0 heterocycles. The third-order valence-corrected chi connectivity index (χ3v) is 4.80. The van der Waals surface area contributed by atoms with E-state index in [1.807, 2.05) is 0 Å². The van der Waals surface area contributed by atoms with Crippen molar-refractivity contribution < 1.29 is 22.7 Å². The summed E-state index contributed by atoms with van der Waals surface area (Å²) in [6.07, 6.45) is 0. The van der Waals surface area contributed by atoms with Crippen molar-refractivity contribution in [2.75, 3.05) is 11.1 Å². The summed E-state index contributed by atoms with van der Waals surface area (Å²) in [5.74, 6) is -1.45. The molecule has 0 radical (unpaired) electrons. The number of amides is 1. The summed E-state index contributed by atoms with van der Waals surface area (Å²) in [5, 5.41) is 12.3. The van der Waals surface area contributed by atoms with Gasteiger partial charge in [-0.25, -0.2) is 12.8 Å². The zero-order valence-electron chi connectivity index (χ0n) is 11.7. The summed E-state index contributed by atoms with van der Waals surface area (Å²) < 4.78 is 36.2. The van der Waals surface area contributed by atoms with E-state index >= 15 is 0 Å². The Morgan fingerprint density at radius 3 is 2.36 bits per heavy atom. The van der Waals surface area contributed by atoms with Crippen LogP contribution in [0.5, 0.6) is 5.75 Å². The van der Waals surface area contributed by atoms with Crippen molar-refractivity contribution in [1.29, 1.82) is 0 Å². The minimum atomic E-state index is -3.44. The number of hydrogen-bond acceptors (Lipinski definition) is 4. The normalized spacial score (nSPS) is 11.2. The van der Waals surface area contributed by atoms with Gasteiger partial charge in [0.25, 0.3) is 5.91 Å². The van der Waals surface area contributed by atoms with Gasteiger partial charge in [0.1, 0.15) is 11.6 Å². The van der Waals surface area contributed by atoms with Gasteiger partial charge in [-0.3, -0.25) is 4.79 Å². The number of sulfone groups is 1. The molecule has 116 valence electrons. The fraction of sp³-hybridized carbons (Fsp3) is 0.133. The average molecular weight is 323 g/mol. The summed E-state index contributed by atoms with van der Waals surface area (Å²) in [7, 11) is -3.44. The van der Waals surface area contributed by atoms with Crippen LogP contribution in [0.2, 0.25) is 0 Å².